The summed E-state index contributed by atoms with van der Waals surface area (Å²) in [6.45, 7) is 1.72. The molecule has 23 heavy (non-hydrogen) atoms. The van der Waals surface area contributed by atoms with Crippen LogP contribution in [0.3, 0.4) is 0 Å². The Morgan fingerprint density at radius 3 is 2.17 bits per heavy atom. The van der Waals surface area contributed by atoms with E-state index < -0.39 is 0 Å². The Hall–Kier alpha value is -0.710. The van der Waals surface area contributed by atoms with Crippen molar-refractivity contribution in [3.05, 3.63) is 17.7 Å². The molecule has 6 nitrogen and oxygen atoms in total. The van der Waals surface area contributed by atoms with Crippen molar-refractivity contribution in [3.8, 4) is 0 Å². The van der Waals surface area contributed by atoms with Crippen molar-refractivity contribution in [2.75, 3.05) is 38.7 Å². The smallest absolute Gasteiger partial charge is 0.166 e. The summed E-state index contributed by atoms with van der Waals surface area (Å²) in [4.78, 5) is 7.65. The molecule has 0 saturated heterocycles. The molecule has 0 aliphatic heterocycles. The number of nitrogens with zero attached hydrogens (tertiary/aromatic N) is 1. The van der Waals surface area contributed by atoms with E-state index in [0.717, 1.165) is 41.8 Å². The summed E-state index contributed by atoms with van der Waals surface area (Å²) in [7, 11) is 3.64. The van der Waals surface area contributed by atoms with E-state index in [4.69, 9.17) is 24.4 Å². The van der Waals surface area contributed by atoms with Gasteiger partial charge in [-0.15, -0.1) is 0 Å². The van der Waals surface area contributed by atoms with Gasteiger partial charge in [-0.25, -0.2) is 4.98 Å². The summed E-state index contributed by atoms with van der Waals surface area (Å²) < 4.78 is 0. The number of aromatic nitrogens is 2. The quantitative estimate of drug-likeness (QED) is 0.297. The second-order valence-electron chi connectivity index (χ2n) is 4.44. The van der Waals surface area contributed by atoms with E-state index in [1.165, 1.54) is 5.69 Å². The van der Waals surface area contributed by atoms with Crippen LogP contribution in [0.15, 0.2) is 6.33 Å². The molecule has 0 saturated carbocycles. The van der Waals surface area contributed by atoms with Crippen molar-refractivity contribution in [1.29, 1.82) is 0 Å². The molecular formula is C13H24N6S4. The Bertz CT molecular complexity index is 438. The molecule has 1 aromatic rings. The predicted molar refractivity (Wildman–Crippen MR) is 110 cm³/mol. The van der Waals surface area contributed by atoms with Crippen LogP contribution in [0.2, 0.25) is 0 Å². The van der Waals surface area contributed by atoms with E-state index in [1.54, 1.807) is 6.33 Å². The van der Waals surface area contributed by atoms with Crippen LogP contribution in [0.5, 0.6) is 0 Å². The zero-order valence-electron chi connectivity index (χ0n) is 13.4. The molecular weight excluding hydrogens is 368 g/mol. The third-order valence-corrected chi connectivity index (χ3v) is 5.46. The fourth-order valence-electron chi connectivity index (χ4n) is 1.59. The fourth-order valence-corrected chi connectivity index (χ4v) is 3.47. The molecule has 5 N–H and O–H groups in total. The number of rotatable bonds is 10. The normalized spacial score (nSPS) is 10.2. The van der Waals surface area contributed by atoms with Gasteiger partial charge in [0.25, 0.3) is 0 Å². The lowest BCUT2D eigenvalue weighted by molar-refractivity contribution is 0.941. The SMILES string of the molecule is CNC(=S)NCCSCc1nc[nH]c1CSCCNC(=S)NC. The molecule has 0 spiro atoms. The number of thiocarbonyl (C=S) groups is 2. The number of aromatic amines is 1. The largest absolute Gasteiger partial charge is 0.366 e. The topological polar surface area (TPSA) is 76.8 Å². The third-order valence-electron chi connectivity index (χ3n) is 2.81. The van der Waals surface area contributed by atoms with Crippen LogP contribution in [0.1, 0.15) is 11.4 Å². The lowest BCUT2D eigenvalue weighted by Crippen LogP contribution is -2.33. The molecule has 0 unspecified atom stereocenters. The van der Waals surface area contributed by atoms with Crippen LogP contribution in [-0.2, 0) is 11.5 Å². The molecule has 0 fully saturated rings. The summed E-state index contributed by atoms with van der Waals surface area (Å²) in [5, 5.41) is 13.4. The fraction of sp³-hybridized carbons (Fsp3) is 0.615. The van der Waals surface area contributed by atoms with Crippen molar-refractivity contribution in [2.45, 2.75) is 11.5 Å². The number of H-pyrrole nitrogens is 1. The summed E-state index contributed by atoms with van der Waals surface area (Å²) in [5.74, 6) is 3.84. The number of thioether (sulfide) groups is 2. The highest BCUT2D eigenvalue weighted by Crippen LogP contribution is 2.17. The molecule has 1 rings (SSSR count). The molecule has 130 valence electrons. The maximum absolute atomic E-state index is 5.03. The summed E-state index contributed by atoms with van der Waals surface area (Å²) in [5.41, 5.74) is 2.34. The van der Waals surface area contributed by atoms with Crippen molar-refractivity contribution in [3.63, 3.8) is 0 Å². The number of nitrogens with one attached hydrogen (secondary N) is 5. The first-order valence-corrected chi connectivity index (χ1v) is 10.4. The molecule has 0 aliphatic carbocycles. The molecule has 1 heterocycles. The summed E-state index contributed by atoms with van der Waals surface area (Å²) in [6.07, 6.45) is 1.77. The minimum atomic E-state index is 0.689. The Morgan fingerprint density at radius 2 is 1.61 bits per heavy atom. The standard InChI is InChI=1S/C13H24N6S4/c1-14-12(20)16-3-5-22-7-10-11(19-9-18-10)8-23-6-4-17-13(21)15-2/h9H,3-8H2,1-2H3,(H,18,19)(H2,14,16,20)(H2,15,17,21). The van der Waals surface area contributed by atoms with E-state index in [9.17, 15) is 0 Å². The monoisotopic (exact) mass is 392 g/mol. The van der Waals surface area contributed by atoms with Crippen molar-refractivity contribution in [1.82, 2.24) is 31.2 Å². The first-order valence-electron chi connectivity index (χ1n) is 7.25. The van der Waals surface area contributed by atoms with Crippen LogP contribution < -0.4 is 21.3 Å². The van der Waals surface area contributed by atoms with Gasteiger partial charge < -0.3 is 26.3 Å². The zero-order chi connectivity index (χ0) is 16.9. The predicted octanol–water partition coefficient (Wildman–Crippen LogP) is 1.06. The molecule has 0 bridgehead atoms. The molecule has 0 radical (unpaired) electrons. The first-order chi connectivity index (χ1) is 11.2. The van der Waals surface area contributed by atoms with Crippen LogP contribution in [0.25, 0.3) is 0 Å². The van der Waals surface area contributed by atoms with Crippen LogP contribution in [0, 0.1) is 0 Å². The van der Waals surface area contributed by atoms with E-state index in [2.05, 4.69) is 31.2 Å². The number of imidazole rings is 1. The Kier molecular flexibility index (Phi) is 11.2. The van der Waals surface area contributed by atoms with Gasteiger partial charge in [-0.2, -0.15) is 23.5 Å². The van der Waals surface area contributed by atoms with Gasteiger partial charge in [0, 0.05) is 55.9 Å². The van der Waals surface area contributed by atoms with E-state index in [-0.39, 0.29) is 0 Å². The van der Waals surface area contributed by atoms with E-state index in [0.29, 0.717) is 10.2 Å². The maximum atomic E-state index is 5.03. The van der Waals surface area contributed by atoms with Crippen LogP contribution in [0.4, 0.5) is 0 Å². The summed E-state index contributed by atoms with van der Waals surface area (Å²) in [6, 6.07) is 0. The van der Waals surface area contributed by atoms with E-state index >= 15 is 0 Å². The second-order valence-corrected chi connectivity index (χ2v) is 7.47. The maximum Gasteiger partial charge on any atom is 0.166 e. The molecule has 1 aromatic heterocycles. The van der Waals surface area contributed by atoms with Gasteiger partial charge >= 0.3 is 0 Å². The average molecular weight is 393 g/mol. The molecule has 10 heteroatoms. The number of hydrogen-bond donors (Lipinski definition) is 5. The Morgan fingerprint density at radius 1 is 1.04 bits per heavy atom. The van der Waals surface area contributed by atoms with Gasteiger partial charge in [0.1, 0.15) is 0 Å². The average Bonchev–Trinajstić information content (AvgIpc) is 3.01. The summed E-state index contributed by atoms with van der Waals surface area (Å²) >= 11 is 13.8. The highest BCUT2D eigenvalue weighted by molar-refractivity contribution is 7.98. The third kappa shape index (κ3) is 9.23. The molecule has 0 amide bonds. The van der Waals surface area contributed by atoms with Gasteiger partial charge in [0.05, 0.1) is 12.0 Å². The van der Waals surface area contributed by atoms with Gasteiger partial charge in [-0.05, 0) is 24.4 Å². The number of hydrogen-bond acceptors (Lipinski definition) is 5. The lowest BCUT2D eigenvalue weighted by Gasteiger charge is -2.07. The van der Waals surface area contributed by atoms with Gasteiger partial charge in [0.2, 0.25) is 0 Å². The Balaban J connectivity index is 2.15. The lowest BCUT2D eigenvalue weighted by atomic mass is 10.4. The van der Waals surface area contributed by atoms with Crippen molar-refractivity contribution in [2.24, 2.45) is 0 Å². The van der Waals surface area contributed by atoms with Crippen LogP contribution in [-0.4, -0.2) is 58.9 Å². The minimum absolute atomic E-state index is 0.689. The minimum Gasteiger partial charge on any atom is -0.366 e. The molecule has 0 aliphatic rings. The molecule has 0 aromatic carbocycles. The first kappa shape index (κ1) is 20.3. The zero-order valence-corrected chi connectivity index (χ0v) is 16.7. The Labute approximate surface area is 157 Å². The highest BCUT2D eigenvalue weighted by atomic mass is 32.2. The van der Waals surface area contributed by atoms with Crippen molar-refractivity contribution < 1.29 is 0 Å². The van der Waals surface area contributed by atoms with E-state index in [1.807, 2.05) is 37.6 Å². The van der Waals surface area contributed by atoms with Gasteiger partial charge in [0.15, 0.2) is 10.2 Å². The van der Waals surface area contributed by atoms with Crippen molar-refractivity contribution >= 4 is 58.2 Å². The van der Waals surface area contributed by atoms with Gasteiger partial charge in [-0.1, -0.05) is 0 Å². The van der Waals surface area contributed by atoms with Gasteiger partial charge in [-0.3, -0.25) is 0 Å². The highest BCUT2D eigenvalue weighted by Gasteiger charge is 2.06. The second kappa shape index (κ2) is 12.7. The van der Waals surface area contributed by atoms with Crippen LogP contribution >= 0.6 is 48.0 Å². The molecule has 0 atom stereocenters.